The molecule has 0 fully saturated rings. The number of hydrogen-bond donors (Lipinski definition) is 2. The van der Waals surface area contributed by atoms with E-state index >= 15 is 0 Å². The summed E-state index contributed by atoms with van der Waals surface area (Å²) in [5.74, 6) is 0.133. The summed E-state index contributed by atoms with van der Waals surface area (Å²) in [5.41, 5.74) is 1.76. The van der Waals surface area contributed by atoms with Gasteiger partial charge in [0.05, 0.1) is 16.8 Å². The molecule has 2 rings (SSSR count). The van der Waals surface area contributed by atoms with Gasteiger partial charge in [-0.2, -0.15) is 0 Å². The number of aryl methyl sites for hydroxylation is 1. The highest BCUT2D eigenvalue weighted by Gasteiger charge is 2.17. The lowest BCUT2D eigenvalue weighted by Gasteiger charge is -2.17. The number of aliphatic hydroxyl groups is 1. The lowest BCUT2D eigenvalue weighted by atomic mass is 10.1. The quantitative estimate of drug-likeness (QED) is 0.841. The highest BCUT2D eigenvalue weighted by Crippen LogP contribution is 2.29. The van der Waals surface area contributed by atoms with Gasteiger partial charge in [0.15, 0.2) is 0 Å². The fourth-order valence-corrected chi connectivity index (χ4v) is 3.36. The summed E-state index contributed by atoms with van der Waals surface area (Å²) in [4.78, 5) is 5.80. The van der Waals surface area contributed by atoms with Gasteiger partial charge in [-0.05, 0) is 31.5 Å². The second-order valence-electron chi connectivity index (χ2n) is 5.85. The molecule has 0 amide bonds. The zero-order valence-corrected chi connectivity index (χ0v) is 14.2. The van der Waals surface area contributed by atoms with Crippen molar-refractivity contribution in [3.05, 3.63) is 51.2 Å². The molecular formula is C17H23FN2OS. The summed E-state index contributed by atoms with van der Waals surface area (Å²) in [5, 5.41) is 14.6. The van der Waals surface area contributed by atoms with Gasteiger partial charge in [-0.3, -0.25) is 0 Å². The first kappa shape index (κ1) is 17.1. The molecule has 0 saturated heterocycles. The van der Waals surface area contributed by atoms with Crippen molar-refractivity contribution < 1.29 is 9.50 Å². The molecule has 0 aliphatic rings. The number of nitrogens with zero attached hydrogens (tertiary/aromatic N) is 1. The maximum absolute atomic E-state index is 12.9. The van der Waals surface area contributed by atoms with Crippen molar-refractivity contribution in [2.75, 3.05) is 6.54 Å². The van der Waals surface area contributed by atoms with Crippen LogP contribution in [-0.2, 0) is 0 Å². The van der Waals surface area contributed by atoms with Crippen LogP contribution in [0.5, 0.6) is 0 Å². The van der Waals surface area contributed by atoms with Gasteiger partial charge in [-0.1, -0.05) is 26.0 Å². The molecular weight excluding hydrogens is 299 g/mol. The second kappa shape index (κ2) is 7.31. The van der Waals surface area contributed by atoms with E-state index in [0.29, 0.717) is 18.0 Å². The summed E-state index contributed by atoms with van der Waals surface area (Å²) in [6.45, 7) is 8.78. The number of thiazole rings is 1. The lowest BCUT2D eigenvalue weighted by Crippen LogP contribution is -2.24. The van der Waals surface area contributed by atoms with E-state index in [1.165, 1.54) is 17.0 Å². The van der Waals surface area contributed by atoms with E-state index in [9.17, 15) is 9.50 Å². The standard InChI is InChI=1S/C17H23FN2OS/c1-10(2)17-20-12(4)16(22-17)11(3)19-9-15(21)13-5-7-14(18)8-6-13/h5-8,10-11,15,19,21H,9H2,1-4H3. The van der Waals surface area contributed by atoms with Crippen molar-refractivity contribution >= 4 is 11.3 Å². The Hall–Kier alpha value is -1.30. The van der Waals surface area contributed by atoms with Gasteiger partial charge in [0, 0.05) is 23.4 Å². The van der Waals surface area contributed by atoms with Crippen LogP contribution in [0.3, 0.4) is 0 Å². The molecule has 0 aliphatic carbocycles. The van der Waals surface area contributed by atoms with Gasteiger partial charge in [-0.25, -0.2) is 9.37 Å². The minimum atomic E-state index is -0.652. The van der Waals surface area contributed by atoms with Gasteiger partial charge in [0.25, 0.3) is 0 Å². The smallest absolute Gasteiger partial charge is 0.123 e. The van der Waals surface area contributed by atoms with Crippen LogP contribution in [-0.4, -0.2) is 16.6 Å². The van der Waals surface area contributed by atoms with Crippen molar-refractivity contribution in [3.8, 4) is 0 Å². The Morgan fingerprint density at radius 3 is 2.41 bits per heavy atom. The van der Waals surface area contributed by atoms with Crippen LogP contribution in [0.15, 0.2) is 24.3 Å². The van der Waals surface area contributed by atoms with E-state index < -0.39 is 6.10 Å². The zero-order chi connectivity index (χ0) is 16.3. The Morgan fingerprint density at radius 2 is 1.86 bits per heavy atom. The SMILES string of the molecule is Cc1nc(C(C)C)sc1C(C)NCC(O)c1ccc(F)cc1. The number of halogens is 1. The number of rotatable bonds is 6. The molecule has 3 nitrogen and oxygen atoms in total. The number of aliphatic hydroxyl groups excluding tert-OH is 1. The van der Waals surface area contributed by atoms with Crippen LogP contribution in [0.25, 0.3) is 0 Å². The first-order chi connectivity index (χ1) is 10.4. The van der Waals surface area contributed by atoms with Crippen LogP contribution in [0.1, 0.15) is 60.0 Å². The molecule has 5 heteroatoms. The van der Waals surface area contributed by atoms with E-state index in [2.05, 4.69) is 31.1 Å². The molecule has 0 aliphatic heterocycles. The number of hydrogen-bond acceptors (Lipinski definition) is 4. The second-order valence-corrected chi connectivity index (χ2v) is 6.92. The lowest BCUT2D eigenvalue weighted by molar-refractivity contribution is 0.171. The summed E-state index contributed by atoms with van der Waals surface area (Å²) < 4.78 is 12.9. The summed E-state index contributed by atoms with van der Waals surface area (Å²) in [7, 11) is 0. The molecule has 0 saturated carbocycles. The molecule has 0 bridgehead atoms. The summed E-state index contributed by atoms with van der Waals surface area (Å²) in [6.07, 6.45) is -0.652. The molecule has 2 N–H and O–H groups in total. The first-order valence-corrected chi connectivity index (χ1v) is 8.34. The highest BCUT2D eigenvalue weighted by atomic mass is 32.1. The summed E-state index contributed by atoms with van der Waals surface area (Å²) >= 11 is 1.72. The molecule has 1 heterocycles. The average Bonchev–Trinajstić information content (AvgIpc) is 2.87. The molecule has 120 valence electrons. The van der Waals surface area contributed by atoms with Crippen LogP contribution in [0.2, 0.25) is 0 Å². The van der Waals surface area contributed by atoms with Crippen LogP contribution in [0, 0.1) is 12.7 Å². The average molecular weight is 322 g/mol. The highest BCUT2D eigenvalue weighted by molar-refractivity contribution is 7.11. The van der Waals surface area contributed by atoms with E-state index in [4.69, 9.17) is 0 Å². The van der Waals surface area contributed by atoms with E-state index in [-0.39, 0.29) is 11.9 Å². The van der Waals surface area contributed by atoms with E-state index in [0.717, 1.165) is 10.7 Å². The van der Waals surface area contributed by atoms with E-state index in [1.54, 1.807) is 23.5 Å². The Labute approximate surface area is 135 Å². The largest absolute Gasteiger partial charge is 0.387 e. The zero-order valence-electron chi connectivity index (χ0n) is 13.4. The maximum Gasteiger partial charge on any atom is 0.123 e. The molecule has 2 unspecified atom stereocenters. The van der Waals surface area contributed by atoms with Gasteiger partial charge < -0.3 is 10.4 Å². The molecule has 2 aromatic rings. The van der Waals surface area contributed by atoms with Crippen molar-refractivity contribution in [2.45, 2.75) is 45.8 Å². The monoisotopic (exact) mass is 322 g/mol. The topological polar surface area (TPSA) is 45.2 Å². The molecule has 1 aromatic heterocycles. The fraction of sp³-hybridized carbons (Fsp3) is 0.471. The third-order valence-electron chi connectivity index (χ3n) is 3.61. The number of benzene rings is 1. The predicted molar refractivity (Wildman–Crippen MR) is 88.7 cm³/mol. The first-order valence-electron chi connectivity index (χ1n) is 7.52. The predicted octanol–water partition coefficient (Wildman–Crippen LogP) is 4.10. The van der Waals surface area contributed by atoms with Crippen molar-refractivity contribution in [2.24, 2.45) is 0 Å². The Balaban J connectivity index is 1.97. The molecule has 0 radical (unpaired) electrons. The Kier molecular flexibility index (Phi) is 5.67. The molecule has 0 spiro atoms. The van der Waals surface area contributed by atoms with Gasteiger partial charge >= 0.3 is 0 Å². The normalized spacial score (nSPS) is 14.3. The van der Waals surface area contributed by atoms with Crippen LogP contribution in [0.4, 0.5) is 4.39 Å². The van der Waals surface area contributed by atoms with Crippen LogP contribution < -0.4 is 5.32 Å². The third-order valence-corrected chi connectivity index (χ3v) is 5.25. The summed E-state index contributed by atoms with van der Waals surface area (Å²) in [6, 6.07) is 6.08. The molecule has 22 heavy (non-hydrogen) atoms. The van der Waals surface area contributed by atoms with E-state index in [1.807, 2.05) is 6.92 Å². The maximum atomic E-state index is 12.9. The molecule has 2 atom stereocenters. The van der Waals surface area contributed by atoms with Gasteiger partial charge in [-0.15, -0.1) is 11.3 Å². The minimum Gasteiger partial charge on any atom is -0.387 e. The van der Waals surface area contributed by atoms with Gasteiger partial charge in [0.1, 0.15) is 5.82 Å². The Morgan fingerprint density at radius 1 is 1.23 bits per heavy atom. The molecule has 1 aromatic carbocycles. The Bertz CT molecular complexity index is 610. The minimum absolute atomic E-state index is 0.125. The van der Waals surface area contributed by atoms with Crippen molar-refractivity contribution in [1.82, 2.24) is 10.3 Å². The van der Waals surface area contributed by atoms with Gasteiger partial charge in [0.2, 0.25) is 0 Å². The van der Waals surface area contributed by atoms with Crippen molar-refractivity contribution in [3.63, 3.8) is 0 Å². The van der Waals surface area contributed by atoms with Crippen LogP contribution >= 0.6 is 11.3 Å². The number of nitrogens with one attached hydrogen (secondary N) is 1. The fourth-order valence-electron chi connectivity index (χ4n) is 2.26. The third kappa shape index (κ3) is 4.12. The van der Waals surface area contributed by atoms with Crippen molar-refractivity contribution in [1.29, 1.82) is 0 Å². The number of aromatic nitrogens is 1.